The molecule has 0 amide bonds. The van der Waals surface area contributed by atoms with E-state index in [0.29, 0.717) is 11.4 Å². The molecule has 3 N–H and O–H groups in total. The Morgan fingerprint density at radius 2 is 1.42 bits per heavy atom. The molecular weight excluding hydrogens is 435 g/mol. The predicted octanol–water partition coefficient (Wildman–Crippen LogP) is 5.30. The van der Waals surface area contributed by atoms with Gasteiger partial charge in [-0.15, -0.1) is 0 Å². The van der Waals surface area contributed by atoms with Gasteiger partial charge in [0.1, 0.15) is 17.2 Å². The van der Waals surface area contributed by atoms with Gasteiger partial charge in [0.2, 0.25) is 5.82 Å². The van der Waals surface area contributed by atoms with Crippen LogP contribution < -0.4 is 20.5 Å². The number of nitrogens with two attached hydrogens (primary N) is 1. The molecule has 0 heterocycles. The summed E-state index contributed by atoms with van der Waals surface area (Å²) in [5.74, 6) is -0.0120. The molecule has 0 aromatic heterocycles. The molecule has 0 unspecified atom stereocenters. The summed E-state index contributed by atoms with van der Waals surface area (Å²) in [4.78, 5) is 19.7. The van der Waals surface area contributed by atoms with Gasteiger partial charge >= 0.3 is 5.69 Å². The van der Waals surface area contributed by atoms with E-state index in [-0.39, 0.29) is 11.4 Å². The Bertz CT molecular complexity index is 865. The number of unbranched alkanes of at least 4 members (excludes halogenated alkanes) is 2. The zero-order valence-corrected chi connectivity index (χ0v) is 19.5. The first kappa shape index (κ1) is 29.5. The van der Waals surface area contributed by atoms with Gasteiger partial charge < -0.3 is 20.5 Å². The Balaban J connectivity index is 0.000000530. The van der Waals surface area contributed by atoms with Gasteiger partial charge in [0.05, 0.1) is 24.1 Å². The zero-order valence-electron chi connectivity index (χ0n) is 19.5. The number of ether oxygens (including phenoxy) is 2. The SMILES string of the molecule is CCCCN.CCCCNc1cc(OC)ccc1[N+](=O)[O-].COc1ccc([N+](=O)[O-])c(F)c1. The summed E-state index contributed by atoms with van der Waals surface area (Å²) in [5, 5.41) is 24.0. The summed E-state index contributed by atoms with van der Waals surface area (Å²) < 4.78 is 22.5. The van der Waals surface area contributed by atoms with Gasteiger partial charge in [0, 0.05) is 30.8 Å². The highest BCUT2D eigenvalue weighted by atomic mass is 19.1. The third kappa shape index (κ3) is 11.6. The van der Waals surface area contributed by atoms with E-state index in [9.17, 15) is 24.6 Å². The van der Waals surface area contributed by atoms with E-state index in [4.69, 9.17) is 10.5 Å². The molecule has 0 radical (unpaired) electrons. The summed E-state index contributed by atoms with van der Waals surface area (Å²) in [7, 11) is 2.90. The standard InChI is InChI=1S/C11H16N2O3.C7H6FNO3.C4H11N/c1-3-4-7-12-10-8-9(16-2)5-6-11(10)13(14)15;1-12-5-2-3-7(9(10)11)6(8)4-5;1-2-3-4-5/h5-6,8,12H,3-4,7H2,1-2H3;2-4H,1H3;2-5H2,1H3. The fourth-order valence-corrected chi connectivity index (χ4v) is 2.31. The van der Waals surface area contributed by atoms with Crippen molar-refractivity contribution in [2.75, 3.05) is 32.6 Å². The van der Waals surface area contributed by atoms with Crippen molar-refractivity contribution in [2.45, 2.75) is 39.5 Å². The van der Waals surface area contributed by atoms with E-state index in [1.807, 2.05) is 0 Å². The van der Waals surface area contributed by atoms with Crippen LogP contribution in [0.1, 0.15) is 39.5 Å². The van der Waals surface area contributed by atoms with Gasteiger partial charge in [-0.2, -0.15) is 4.39 Å². The lowest BCUT2D eigenvalue weighted by molar-refractivity contribution is -0.387. The van der Waals surface area contributed by atoms with Crippen molar-refractivity contribution < 1.29 is 23.7 Å². The summed E-state index contributed by atoms with van der Waals surface area (Å²) >= 11 is 0. The first-order valence-electron chi connectivity index (χ1n) is 10.5. The number of nitro groups is 2. The number of benzene rings is 2. The smallest absolute Gasteiger partial charge is 0.305 e. The average molecular weight is 469 g/mol. The quantitative estimate of drug-likeness (QED) is 0.271. The van der Waals surface area contributed by atoms with Crippen LogP contribution >= 0.6 is 0 Å². The number of nitrogens with zero attached hydrogens (tertiary/aromatic N) is 2. The van der Waals surface area contributed by atoms with Gasteiger partial charge in [-0.25, -0.2) is 0 Å². The van der Waals surface area contributed by atoms with Crippen molar-refractivity contribution in [3.63, 3.8) is 0 Å². The molecule has 0 saturated carbocycles. The van der Waals surface area contributed by atoms with E-state index >= 15 is 0 Å². The number of hydrogen-bond acceptors (Lipinski definition) is 8. The maximum absolute atomic E-state index is 12.8. The monoisotopic (exact) mass is 468 g/mol. The highest BCUT2D eigenvalue weighted by molar-refractivity contribution is 5.64. The Labute approximate surface area is 193 Å². The molecule has 11 heteroatoms. The minimum atomic E-state index is -0.889. The fraction of sp³-hybridized carbons (Fsp3) is 0.455. The predicted molar refractivity (Wildman–Crippen MR) is 127 cm³/mol. The van der Waals surface area contributed by atoms with E-state index in [2.05, 4.69) is 23.9 Å². The van der Waals surface area contributed by atoms with Gasteiger partial charge in [-0.1, -0.05) is 26.7 Å². The Kier molecular flexibility index (Phi) is 15.3. The molecule has 10 nitrogen and oxygen atoms in total. The largest absolute Gasteiger partial charge is 0.497 e. The molecule has 0 spiro atoms. The van der Waals surface area contributed by atoms with Crippen LogP contribution in [-0.4, -0.2) is 37.2 Å². The van der Waals surface area contributed by atoms with Gasteiger partial charge in [-0.3, -0.25) is 20.2 Å². The van der Waals surface area contributed by atoms with Gasteiger partial charge in [-0.05, 0) is 31.5 Å². The normalized spacial score (nSPS) is 9.52. The van der Waals surface area contributed by atoms with Crippen LogP contribution in [0.4, 0.5) is 21.5 Å². The summed E-state index contributed by atoms with van der Waals surface area (Å²) in [6.07, 6.45) is 4.41. The van der Waals surface area contributed by atoms with Crippen LogP contribution in [0.2, 0.25) is 0 Å². The van der Waals surface area contributed by atoms with E-state index in [0.717, 1.165) is 38.1 Å². The Morgan fingerprint density at radius 3 is 1.82 bits per heavy atom. The molecule has 2 aromatic carbocycles. The number of rotatable bonds is 10. The van der Waals surface area contributed by atoms with Crippen LogP contribution in [0.25, 0.3) is 0 Å². The highest BCUT2D eigenvalue weighted by Gasteiger charge is 2.14. The van der Waals surface area contributed by atoms with Crippen LogP contribution in [-0.2, 0) is 0 Å². The molecule has 2 rings (SSSR count). The molecule has 0 aliphatic heterocycles. The van der Waals surface area contributed by atoms with Crippen molar-refractivity contribution >= 4 is 17.1 Å². The first-order valence-corrected chi connectivity index (χ1v) is 10.5. The zero-order chi connectivity index (χ0) is 25.2. The minimum absolute atomic E-state index is 0.0805. The number of nitro benzene ring substituents is 2. The molecule has 33 heavy (non-hydrogen) atoms. The molecule has 0 aliphatic rings. The molecule has 0 saturated heterocycles. The summed E-state index contributed by atoms with van der Waals surface area (Å²) in [6.45, 7) is 5.77. The lowest BCUT2D eigenvalue weighted by Crippen LogP contribution is -2.04. The number of anilines is 1. The molecule has 0 aliphatic carbocycles. The van der Waals surface area contributed by atoms with Crippen molar-refractivity contribution in [1.82, 2.24) is 0 Å². The van der Waals surface area contributed by atoms with Crippen LogP contribution in [0.3, 0.4) is 0 Å². The number of nitrogens with one attached hydrogen (secondary N) is 1. The second-order valence-electron chi connectivity index (χ2n) is 6.64. The lowest BCUT2D eigenvalue weighted by atomic mass is 10.2. The van der Waals surface area contributed by atoms with E-state index in [1.54, 1.807) is 12.1 Å². The molecule has 2 aromatic rings. The van der Waals surface area contributed by atoms with Crippen molar-refractivity contribution in [1.29, 1.82) is 0 Å². The third-order valence-electron chi connectivity index (χ3n) is 4.16. The topological polar surface area (TPSA) is 143 Å². The fourth-order valence-electron chi connectivity index (χ4n) is 2.31. The molecule has 0 bridgehead atoms. The molecule has 0 fully saturated rings. The molecule has 184 valence electrons. The van der Waals surface area contributed by atoms with Crippen molar-refractivity contribution in [3.05, 3.63) is 62.4 Å². The van der Waals surface area contributed by atoms with Gasteiger partial charge in [0.25, 0.3) is 5.69 Å². The average Bonchev–Trinajstić information content (AvgIpc) is 2.80. The van der Waals surface area contributed by atoms with E-state index < -0.39 is 21.4 Å². The minimum Gasteiger partial charge on any atom is -0.497 e. The van der Waals surface area contributed by atoms with Crippen molar-refractivity contribution in [3.8, 4) is 11.5 Å². The summed E-state index contributed by atoms with van der Waals surface area (Å²) in [5.41, 5.74) is 5.19. The van der Waals surface area contributed by atoms with Crippen LogP contribution in [0, 0.1) is 26.0 Å². The van der Waals surface area contributed by atoms with Gasteiger partial charge in [0.15, 0.2) is 0 Å². The third-order valence-corrected chi connectivity index (χ3v) is 4.16. The van der Waals surface area contributed by atoms with Crippen molar-refractivity contribution in [2.24, 2.45) is 5.73 Å². The van der Waals surface area contributed by atoms with Crippen LogP contribution in [0.5, 0.6) is 11.5 Å². The maximum Gasteiger partial charge on any atom is 0.305 e. The highest BCUT2D eigenvalue weighted by Crippen LogP contribution is 2.28. The Morgan fingerprint density at radius 1 is 0.909 bits per heavy atom. The number of halogens is 1. The number of hydrogen-bond donors (Lipinski definition) is 2. The maximum atomic E-state index is 12.8. The first-order chi connectivity index (χ1) is 15.7. The second kappa shape index (κ2) is 17.1. The van der Waals surface area contributed by atoms with Crippen LogP contribution in [0.15, 0.2) is 36.4 Å². The summed E-state index contributed by atoms with van der Waals surface area (Å²) in [6, 6.07) is 8.05. The molecular formula is C22H33FN4O6. The second-order valence-corrected chi connectivity index (χ2v) is 6.64. The number of methoxy groups -OCH3 is 2. The lowest BCUT2D eigenvalue weighted by Gasteiger charge is -2.08. The Hall–Kier alpha value is -3.47. The van der Waals surface area contributed by atoms with E-state index in [1.165, 1.54) is 39.2 Å². The molecule has 0 atom stereocenters.